The summed E-state index contributed by atoms with van der Waals surface area (Å²) in [5, 5.41) is 18.9. The standard InChI is InChI=1S/2C53H34O2/c1-53(2)44-22-6-3-13-34(44)35-28-27-31(29-45(35)53)50-38-18-9-16-32(36-20-11-25-48-51(36)40-14-4-7-23-46(40)54-48)42(38)30-43-33(17-10-19-39(43)50)37-21-12-26-49-52(37)41-15-5-8-24-47(41)55-49;1-53(2)46-18-6-3-11-36(46)37-24-21-33(29-47(37)53)52-40-16-9-14-34(31-22-25-50-44(27-31)38-12-4-7-19-48(38)54-50)42(40)30-43-35(15-10-17-41(43)52)32-23-26-51-45(28-32)39-13-5-8-20-49(39)55-51/h2*3-30H,1-2H3. The molecule has 0 N–H and O–H groups in total. The van der Waals surface area contributed by atoms with Gasteiger partial charge >= 0.3 is 0 Å². The minimum Gasteiger partial charge on any atom is -0.456 e. The van der Waals surface area contributed by atoms with E-state index in [4.69, 9.17) is 17.7 Å². The van der Waals surface area contributed by atoms with E-state index in [2.05, 4.69) is 331 Å². The lowest BCUT2D eigenvalue weighted by atomic mass is 9.80. The van der Waals surface area contributed by atoms with E-state index in [-0.39, 0.29) is 10.8 Å². The van der Waals surface area contributed by atoms with Crippen molar-refractivity contribution >= 4 is 131 Å². The largest absolute Gasteiger partial charge is 0.456 e. The zero-order valence-corrected chi connectivity index (χ0v) is 61.0. The molecule has 0 radical (unpaired) electrons. The second-order valence-electron chi connectivity index (χ2n) is 31.1. The summed E-state index contributed by atoms with van der Waals surface area (Å²) in [6.45, 7) is 9.46. The van der Waals surface area contributed by atoms with Crippen molar-refractivity contribution in [3.8, 4) is 89.0 Å². The fourth-order valence-electron chi connectivity index (χ4n) is 19.4. The van der Waals surface area contributed by atoms with Gasteiger partial charge in [-0.1, -0.05) is 282 Å². The first-order valence-corrected chi connectivity index (χ1v) is 38.2. The topological polar surface area (TPSA) is 52.6 Å². The summed E-state index contributed by atoms with van der Waals surface area (Å²) in [6.07, 6.45) is 0. The van der Waals surface area contributed by atoms with Crippen molar-refractivity contribution in [1.82, 2.24) is 0 Å². The number of fused-ring (bicyclic) bond motifs is 22. The molecular weight excluding hydrogens is 1340 g/mol. The van der Waals surface area contributed by atoms with Gasteiger partial charge in [0.25, 0.3) is 0 Å². The van der Waals surface area contributed by atoms with E-state index in [1.54, 1.807) is 0 Å². The van der Waals surface area contributed by atoms with Gasteiger partial charge in [-0.05, 0) is 239 Å². The number of benzene rings is 18. The molecule has 2 aliphatic rings. The average molecular weight is 1410 g/mol. The van der Waals surface area contributed by atoms with E-state index in [9.17, 15) is 0 Å². The van der Waals surface area contributed by atoms with Gasteiger partial charge < -0.3 is 17.7 Å². The van der Waals surface area contributed by atoms with Gasteiger partial charge in [0, 0.05) is 53.9 Å². The highest BCUT2D eigenvalue weighted by atomic mass is 16.3. The van der Waals surface area contributed by atoms with Crippen molar-refractivity contribution in [3.63, 3.8) is 0 Å². The van der Waals surface area contributed by atoms with E-state index in [0.29, 0.717) is 0 Å². The minimum absolute atomic E-state index is 0.107. The molecule has 0 aliphatic heterocycles. The highest BCUT2D eigenvalue weighted by molar-refractivity contribution is 6.25. The summed E-state index contributed by atoms with van der Waals surface area (Å²) >= 11 is 0. The molecule has 22 aromatic rings. The second-order valence-corrected chi connectivity index (χ2v) is 31.1. The van der Waals surface area contributed by atoms with Crippen LogP contribution in [0, 0.1) is 0 Å². The normalized spacial score (nSPS) is 13.4. The SMILES string of the molecule is CC1(C)c2ccccc2-c2ccc(-c3c4cccc(-c5ccc6oc7ccccc7c6c5)c4cc4c(-c5ccc6oc7ccccc7c6c5)cccc34)cc21.CC1(C)c2ccccc2-c2ccc(-c3c4cccc(-c5cccc6oc7ccccc7c56)c4cc4c(-c5cccc6oc7ccccc7c56)cccc34)cc21. The molecule has 0 saturated carbocycles. The molecule has 0 saturated heterocycles. The van der Waals surface area contributed by atoms with Gasteiger partial charge in [0.2, 0.25) is 0 Å². The van der Waals surface area contributed by atoms with E-state index < -0.39 is 0 Å². The van der Waals surface area contributed by atoms with Crippen molar-refractivity contribution in [1.29, 1.82) is 0 Å². The Labute approximate surface area is 633 Å². The summed E-state index contributed by atoms with van der Waals surface area (Å²) in [7, 11) is 0. The lowest BCUT2D eigenvalue weighted by molar-refractivity contribution is 0.660. The number of para-hydroxylation sites is 4. The van der Waals surface area contributed by atoms with Crippen molar-refractivity contribution in [2.45, 2.75) is 38.5 Å². The van der Waals surface area contributed by atoms with Gasteiger partial charge in [-0.15, -0.1) is 0 Å². The summed E-state index contributed by atoms with van der Waals surface area (Å²) in [6, 6.07) is 124. The van der Waals surface area contributed by atoms with Crippen molar-refractivity contribution in [2.24, 2.45) is 0 Å². The van der Waals surface area contributed by atoms with Crippen LogP contribution in [0.1, 0.15) is 49.9 Å². The molecule has 4 heterocycles. The third-order valence-corrected chi connectivity index (χ3v) is 24.6. The predicted molar refractivity (Wildman–Crippen MR) is 460 cm³/mol. The van der Waals surface area contributed by atoms with Gasteiger partial charge in [-0.3, -0.25) is 0 Å². The smallest absolute Gasteiger partial charge is 0.136 e. The number of hydrogen-bond donors (Lipinski definition) is 0. The number of hydrogen-bond acceptors (Lipinski definition) is 4. The maximum Gasteiger partial charge on any atom is 0.136 e. The second kappa shape index (κ2) is 23.4. The highest BCUT2D eigenvalue weighted by Gasteiger charge is 2.37. The van der Waals surface area contributed by atoms with E-state index in [1.807, 2.05) is 36.4 Å². The molecule has 0 unspecified atom stereocenters. The molecule has 4 heteroatoms. The monoisotopic (exact) mass is 1400 g/mol. The van der Waals surface area contributed by atoms with Crippen LogP contribution in [0.3, 0.4) is 0 Å². The van der Waals surface area contributed by atoms with Crippen LogP contribution in [-0.2, 0) is 10.8 Å². The fraction of sp³-hybridized carbons (Fsp3) is 0.0566. The molecule has 0 bridgehead atoms. The number of furan rings is 4. The molecule has 0 fully saturated rings. The quantitative estimate of drug-likeness (QED) is 0.156. The Morgan fingerprint density at radius 1 is 0.164 bits per heavy atom. The third kappa shape index (κ3) is 9.08. The zero-order valence-electron chi connectivity index (χ0n) is 61.0. The fourth-order valence-corrected chi connectivity index (χ4v) is 19.4. The van der Waals surface area contributed by atoms with Crippen LogP contribution in [-0.4, -0.2) is 0 Å². The Morgan fingerprint density at radius 2 is 0.445 bits per heavy atom. The Hall–Kier alpha value is -13.8. The first kappa shape index (κ1) is 62.4. The number of rotatable bonds is 6. The van der Waals surface area contributed by atoms with E-state index in [0.717, 1.165) is 87.8 Å². The van der Waals surface area contributed by atoms with Crippen LogP contribution in [0.4, 0.5) is 0 Å². The van der Waals surface area contributed by atoms with E-state index in [1.165, 1.54) is 154 Å². The van der Waals surface area contributed by atoms with Gasteiger partial charge in [0.05, 0.1) is 0 Å². The molecule has 24 rings (SSSR count). The van der Waals surface area contributed by atoms with Crippen molar-refractivity contribution in [3.05, 3.63) is 362 Å². The molecule has 0 spiro atoms. The van der Waals surface area contributed by atoms with Gasteiger partial charge in [-0.25, -0.2) is 0 Å². The van der Waals surface area contributed by atoms with E-state index >= 15 is 0 Å². The molecule has 2 aliphatic carbocycles. The average Bonchev–Trinajstić information content (AvgIpc) is 1.31. The molecule has 0 amide bonds. The van der Waals surface area contributed by atoms with Crippen LogP contribution >= 0.6 is 0 Å². The van der Waals surface area contributed by atoms with Gasteiger partial charge in [-0.2, -0.15) is 0 Å². The van der Waals surface area contributed by atoms with Crippen LogP contribution in [0.25, 0.3) is 220 Å². The summed E-state index contributed by atoms with van der Waals surface area (Å²) in [4.78, 5) is 0. The Morgan fingerprint density at radius 3 is 0.873 bits per heavy atom. The van der Waals surface area contributed by atoms with Crippen LogP contribution in [0.15, 0.2) is 357 Å². The lowest BCUT2D eigenvalue weighted by Crippen LogP contribution is -2.14. The molecule has 4 aromatic heterocycles. The minimum atomic E-state index is -0.116. The summed E-state index contributed by atoms with van der Waals surface area (Å²) in [5.41, 5.74) is 32.3. The highest BCUT2D eigenvalue weighted by Crippen LogP contribution is 2.55. The molecule has 110 heavy (non-hydrogen) atoms. The Kier molecular flexibility index (Phi) is 13.2. The molecule has 18 aromatic carbocycles. The summed E-state index contributed by atoms with van der Waals surface area (Å²) < 4.78 is 25.3. The predicted octanol–water partition coefficient (Wildman–Crippen LogP) is 30.2. The van der Waals surface area contributed by atoms with Crippen LogP contribution in [0.5, 0.6) is 0 Å². The van der Waals surface area contributed by atoms with Crippen LogP contribution < -0.4 is 0 Å². The maximum absolute atomic E-state index is 6.42. The van der Waals surface area contributed by atoms with Gasteiger partial charge in [0.1, 0.15) is 44.7 Å². The molecule has 0 atom stereocenters. The van der Waals surface area contributed by atoms with Crippen LogP contribution in [0.2, 0.25) is 0 Å². The van der Waals surface area contributed by atoms with Crippen molar-refractivity contribution in [2.75, 3.05) is 0 Å². The Balaban J connectivity index is 0.000000132. The molecule has 4 nitrogen and oxygen atoms in total. The van der Waals surface area contributed by atoms with Gasteiger partial charge in [0.15, 0.2) is 0 Å². The third-order valence-electron chi connectivity index (χ3n) is 24.6. The first-order valence-electron chi connectivity index (χ1n) is 38.2. The lowest BCUT2D eigenvalue weighted by Gasteiger charge is -2.23. The first-order chi connectivity index (χ1) is 54.1. The Bertz CT molecular complexity index is 7390. The van der Waals surface area contributed by atoms with Crippen molar-refractivity contribution < 1.29 is 17.7 Å². The molecule has 516 valence electrons. The zero-order chi connectivity index (χ0) is 72.8. The molecular formula is C106H68O4. The maximum atomic E-state index is 6.42. The summed E-state index contributed by atoms with van der Waals surface area (Å²) in [5.74, 6) is 0.